The lowest BCUT2D eigenvalue weighted by atomic mass is 9.98. The Balaban J connectivity index is 1.87. The van der Waals surface area contributed by atoms with Gasteiger partial charge in [-0.3, -0.25) is 9.59 Å². The SMILES string of the molecule is CCCC[C@H](NC(=O)N1[C@H](C)CCC[C@@H]1C)C(=O)N[C@H](Cc1c(Cl)[nH]c2ccccc12)C(=O)N[C@H](CCCC)C(=O)O. The largest absolute Gasteiger partial charge is 0.480 e. The van der Waals surface area contributed by atoms with Gasteiger partial charge in [0.15, 0.2) is 0 Å². The molecule has 232 valence electrons. The number of carbonyl (C=O) groups excluding carboxylic acids is 3. The van der Waals surface area contributed by atoms with Crippen molar-refractivity contribution in [3.8, 4) is 0 Å². The van der Waals surface area contributed by atoms with Gasteiger partial charge >= 0.3 is 12.0 Å². The fourth-order valence-corrected chi connectivity index (χ4v) is 5.99. The number of nitrogens with zero attached hydrogens (tertiary/aromatic N) is 1. The van der Waals surface area contributed by atoms with Crippen LogP contribution < -0.4 is 16.0 Å². The number of hydrogen-bond acceptors (Lipinski definition) is 4. The van der Waals surface area contributed by atoms with E-state index in [-0.39, 0.29) is 31.0 Å². The summed E-state index contributed by atoms with van der Waals surface area (Å²) >= 11 is 6.53. The molecule has 1 aromatic heterocycles. The highest BCUT2D eigenvalue weighted by atomic mass is 35.5. The first-order valence-corrected chi connectivity index (χ1v) is 15.6. The van der Waals surface area contributed by atoms with E-state index in [1.54, 1.807) is 4.90 Å². The van der Waals surface area contributed by atoms with Gasteiger partial charge in [0.05, 0.1) is 0 Å². The quantitative estimate of drug-likeness (QED) is 0.203. The number of aromatic amines is 1. The van der Waals surface area contributed by atoms with Crippen LogP contribution in [0, 0.1) is 0 Å². The van der Waals surface area contributed by atoms with Crippen LogP contribution >= 0.6 is 11.6 Å². The number of halogens is 1. The molecule has 0 radical (unpaired) electrons. The standard InChI is InChI=1S/C31H46ClN5O5/c1-5-7-15-24(36-31(42)37-19(3)12-11-13-20(37)4)28(38)35-26(29(39)34-25(30(40)41)16-8-6-2)18-22-21-14-9-10-17-23(21)33-27(22)32/h9-10,14,17,19-20,24-26,33H,5-8,11-13,15-16,18H2,1-4H3,(H,34,39)(H,35,38)(H,36,42)(H,40,41)/t19-,20+,24-,25+,26+/m0/s1. The highest BCUT2D eigenvalue weighted by molar-refractivity contribution is 6.31. The van der Waals surface area contributed by atoms with Gasteiger partial charge in [-0.05, 0) is 57.6 Å². The maximum atomic E-state index is 13.7. The Morgan fingerprint density at radius 2 is 1.50 bits per heavy atom. The van der Waals surface area contributed by atoms with Gasteiger partial charge in [0, 0.05) is 29.4 Å². The summed E-state index contributed by atoms with van der Waals surface area (Å²) in [5, 5.41) is 19.3. The van der Waals surface area contributed by atoms with Crippen LogP contribution in [0.25, 0.3) is 10.9 Å². The number of aromatic nitrogens is 1. The van der Waals surface area contributed by atoms with E-state index in [2.05, 4.69) is 20.9 Å². The molecule has 2 aromatic rings. The topological polar surface area (TPSA) is 144 Å². The molecule has 4 amide bonds. The molecule has 1 aliphatic rings. The molecule has 5 N–H and O–H groups in total. The van der Waals surface area contributed by atoms with E-state index in [9.17, 15) is 24.3 Å². The lowest BCUT2D eigenvalue weighted by molar-refractivity contribution is -0.142. The summed E-state index contributed by atoms with van der Waals surface area (Å²) in [6.45, 7) is 7.97. The number of carboxylic acid groups (broad SMARTS) is 1. The first-order valence-electron chi connectivity index (χ1n) is 15.2. The van der Waals surface area contributed by atoms with Gasteiger partial charge < -0.3 is 30.9 Å². The zero-order valence-electron chi connectivity index (χ0n) is 25.2. The van der Waals surface area contributed by atoms with Gasteiger partial charge in [0.2, 0.25) is 11.8 Å². The number of likely N-dealkylation sites (tertiary alicyclic amines) is 1. The van der Waals surface area contributed by atoms with Crippen molar-refractivity contribution in [2.45, 2.75) is 122 Å². The number of nitrogens with one attached hydrogen (secondary N) is 4. The number of aliphatic carboxylic acids is 1. The van der Waals surface area contributed by atoms with E-state index in [0.717, 1.165) is 43.0 Å². The first kappa shape index (κ1) is 33.2. The van der Waals surface area contributed by atoms with Gasteiger partial charge in [-0.2, -0.15) is 0 Å². The Kier molecular flexibility index (Phi) is 12.5. The molecule has 0 unspecified atom stereocenters. The van der Waals surface area contributed by atoms with Crippen molar-refractivity contribution in [3.05, 3.63) is 35.0 Å². The average Bonchev–Trinajstić information content (AvgIpc) is 3.26. The highest BCUT2D eigenvalue weighted by Gasteiger charge is 2.34. The van der Waals surface area contributed by atoms with Crippen LogP contribution in [-0.4, -0.2) is 69.0 Å². The zero-order chi connectivity index (χ0) is 30.8. The summed E-state index contributed by atoms with van der Waals surface area (Å²) < 4.78 is 0. The molecule has 0 spiro atoms. The maximum Gasteiger partial charge on any atom is 0.326 e. The molecule has 1 aliphatic heterocycles. The molecule has 0 saturated carbocycles. The summed E-state index contributed by atoms with van der Waals surface area (Å²) in [6.07, 6.45) is 6.49. The van der Waals surface area contributed by atoms with Crippen molar-refractivity contribution in [3.63, 3.8) is 0 Å². The van der Waals surface area contributed by atoms with Crippen LogP contribution in [-0.2, 0) is 20.8 Å². The van der Waals surface area contributed by atoms with Crippen molar-refractivity contribution in [2.75, 3.05) is 0 Å². The van der Waals surface area contributed by atoms with Crippen molar-refractivity contribution < 1.29 is 24.3 Å². The summed E-state index contributed by atoms with van der Waals surface area (Å²) in [5.74, 6) is -2.25. The third-order valence-corrected chi connectivity index (χ3v) is 8.47. The van der Waals surface area contributed by atoms with Gasteiger partial charge in [-0.25, -0.2) is 9.59 Å². The van der Waals surface area contributed by atoms with Crippen LogP contribution in [0.2, 0.25) is 5.15 Å². The molecule has 10 nitrogen and oxygen atoms in total. The number of urea groups is 1. The Hall–Kier alpha value is -3.27. The second-order valence-electron chi connectivity index (χ2n) is 11.5. The minimum atomic E-state index is -1.13. The number of H-pyrrole nitrogens is 1. The Labute approximate surface area is 253 Å². The summed E-state index contributed by atoms with van der Waals surface area (Å²) in [6, 6.07) is 4.21. The lowest BCUT2D eigenvalue weighted by Crippen LogP contribution is -2.59. The molecule has 42 heavy (non-hydrogen) atoms. The van der Waals surface area contributed by atoms with Crippen LogP contribution in [0.4, 0.5) is 4.79 Å². The van der Waals surface area contributed by atoms with E-state index in [1.807, 2.05) is 52.0 Å². The molecule has 2 heterocycles. The summed E-state index contributed by atoms with van der Waals surface area (Å²) in [5.41, 5.74) is 1.42. The Morgan fingerprint density at radius 3 is 2.12 bits per heavy atom. The second kappa shape index (κ2) is 15.8. The van der Waals surface area contributed by atoms with Gasteiger partial charge in [-0.15, -0.1) is 0 Å². The predicted octanol–water partition coefficient (Wildman–Crippen LogP) is 5.14. The van der Waals surface area contributed by atoms with E-state index in [4.69, 9.17) is 11.6 Å². The Bertz CT molecular complexity index is 1220. The van der Waals surface area contributed by atoms with Crippen LogP contribution in [0.15, 0.2) is 24.3 Å². The molecule has 11 heteroatoms. The molecular weight excluding hydrogens is 558 g/mol. The first-order chi connectivity index (χ1) is 20.1. The van der Waals surface area contributed by atoms with Crippen molar-refractivity contribution in [2.24, 2.45) is 0 Å². The van der Waals surface area contributed by atoms with Gasteiger partial charge in [-0.1, -0.05) is 69.3 Å². The number of fused-ring (bicyclic) bond motifs is 1. The molecule has 1 saturated heterocycles. The second-order valence-corrected chi connectivity index (χ2v) is 11.8. The monoisotopic (exact) mass is 603 g/mol. The number of amides is 4. The molecule has 0 bridgehead atoms. The number of carbonyl (C=O) groups is 4. The van der Waals surface area contributed by atoms with Crippen molar-refractivity contribution in [1.29, 1.82) is 0 Å². The van der Waals surface area contributed by atoms with Crippen LogP contribution in [0.3, 0.4) is 0 Å². The predicted molar refractivity (Wildman–Crippen MR) is 164 cm³/mol. The fourth-order valence-electron chi connectivity index (χ4n) is 5.71. The smallest absolute Gasteiger partial charge is 0.326 e. The number of carboxylic acids is 1. The molecular formula is C31H46ClN5O5. The minimum Gasteiger partial charge on any atom is -0.480 e. The van der Waals surface area contributed by atoms with Gasteiger partial charge in [0.1, 0.15) is 23.3 Å². The Morgan fingerprint density at radius 1 is 0.929 bits per heavy atom. The highest BCUT2D eigenvalue weighted by Crippen LogP contribution is 2.27. The molecule has 5 atom stereocenters. The molecule has 0 aliphatic carbocycles. The maximum absolute atomic E-state index is 13.7. The van der Waals surface area contributed by atoms with E-state index in [0.29, 0.717) is 30.0 Å². The number of unbranched alkanes of at least 4 members (excludes halogenated alkanes) is 2. The van der Waals surface area contributed by atoms with Crippen LogP contribution in [0.5, 0.6) is 0 Å². The molecule has 3 rings (SSSR count). The zero-order valence-corrected chi connectivity index (χ0v) is 25.9. The summed E-state index contributed by atoms with van der Waals surface area (Å²) in [4.78, 5) is 57.5. The number of benzene rings is 1. The molecule has 1 fully saturated rings. The minimum absolute atomic E-state index is 0.0369. The molecule has 1 aromatic carbocycles. The number of para-hydroxylation sites is 1. The third kappa shape index (κ3) is 8.63. The van der Waals surface area contributed by atoms with E-state index >= 15 is 0 Å². The fraction of sp³-hybridized carbons (Fsp3) is 0.613. The van der Waals surface area contributed by atoms with Crippen molar-refractivity contribution in [1.82, 2.24) is 25.8 Å². The lowest BCUT2D eigenvalue weighted by Gasteiger charge is -2.39. The normalized spacial score (nSPS) is 19.1. The van der Waals surface area contributed by atoms with Crippen molar-refractivity contribution >= 4 is 46.3 Å². The number of piperidine rings is 1. The summed E-state index contributed by atoms with van der Waals surface area (Å²) in [7, 11) is 0. The van der Waals surface area contributed by atoms with Crippen LogP contribution in [0.1, 0.15) is 91.0 Å². The van der Waals surface area contributed by atoms with E-state index in [1.165, 1.54) is 0 Å². The van der Waals surface area contributed by atoms with Gasteiger partial charge in [0.25, 0.3) is 0 Å². The van der Waals surface area contributed by atoms with E-state index < -0.39 is 35.9 Å². The average molecular weight is 604 g/mol. The number of hydrogen-bond donors (Lipinski definition) is 5. The third-order valence-electron chi connectivity index (χ3n) is 8.15. The number of rotatable bonds is 14.